The molecule has 5 heteroatoms. The van der Waals surface area contributed by atoms with Crippen molar-refractivity contribution in [1.29, 1.82) is 0 Å². The van der Waals surface area contributed by atoms with Gasteiger partial charge in [-0.05, 0) is 35.4 Å². The molecule has 3 aromatic rings. The molecule has 0 aromatic heterocycles. The number of oxime groups is 1. The second-order valence-corrected chi connectivity index (χ2v) is 6.38. The van der Waals surface area contributed by atoms with Crippen molar-refractivity contribution < 1.29 is 19.0 Å². The summed E-state index contributed by atoms with van der Waals surface area (Å²) in [6, 6.07) is 25.6. The van der Waals surface area contributed by atoms with Crippen molar-refractivity contribution in [2.24, 2.45) is 5.16 Å². The summed E-state index contributed by atoms with van der Waals surface area (Å²) in [6.45, 7) is 1.41. The lowest BCUT2D eigenvalue weighted by atomic mass is 10.1. The molecular weight excluding hydrogens is 366 g/mol. The summed E-state index contributed by atoms with van der Waals surface area (Å²) in [5.74, 6) is 1.59. The Hall–Kier alpha value is -3.31. The van der Waals surface area contributed by atoms with Gasteiger partial charge in [0.05, 0.1) is 6.61 Å². The summed E-state index contributed by atoms with van der Waals surface area (Å²) >= 11 is 0. The molecule has 0 fully saturated rings. The van der Waals surface area contributed by atoms with Crippen LogP contribution in [0.2, 0.25) is 0 Å². The van der Waals surface area contributed by atoms with Crippen LogP contribution >= 0.6 is 0 Å². The summed E-state index contributed by atoms with van der Waals surface area (Å²) < 4.78 is 16.8. The number of rotatable bonds is 10. The molecular formula is C24H25NO4. The fourth-order valence-electron chi connectivity index (χ4n) is 2.75. The first-order valence-electron chi connectivity index (χ1n) is 9.36. The van der Waals surface area contributed by atoms with Crippen LogP contribution < -0.4 is 9.47 Å². The zero-order valence-corrected chi connectivity index (χ0v) is 16.7. The van der Waals surface area contributed by atoms with E-state index in [1.165, 1.54) is 7.11 Å². The molecule has 0 heterocycles. The van der Waals surface area contributed by atoms with Crippen molar-refractivity contribution >= 4 is 5.71 Å². The van der Waals surface area contributed by atoms with E-state index < -0.39 is 0 Å². The highest BCUT2D eigenvalue weighted by Gasteiger charge is 2.06. The SMILES string of the molecule is COCc1ccc(OCc2ccc(OC/C(=N\OC)c3ccccc3)cc2)cc1. The molecule has 0 unspecified atom stereocenters. The average molecular weight is 391 g/mol. The van der Waals surface area contributed by atoms with Crippen LogP contribution in [-0.2, 0) is 22.8 Å². The molecule has 0 aliphatic carbocycles. The molecule has 0 N–H and O–H groups in total. The molecule has 29 heavy (non-hydrogen) atoms. The van der Waals surface area contributed by atoms with E-state index in [1.807, 2.05) is 78.9 Å². The number of hydrogen-bond donors (Lipinski definition) is 0. The topological polar surface area (TPSA) is 49.3 Å². The molecule has 0 bridgehead atoms. The first-order valence-corrected chi connectivity index (χ1v) is 9.36. The van der Waals surface area contributed by atoms with Gasteiger partial charge in [-0.25, -0.2) is 0 Å². The highest BCUT2D eigenvalue weighted by Crippen LogP contribution is 2.17. The number of methoxy groups -OCH3 is 1. The molecule has 0 saturated carbocycles. The first kappa shape index (κ1) is 20.4. The van der Waals surface area contributed by atoms with E-state index in [0.717, 1.165) is 33.9 Å². The lowest BCUT2D eigenvalue weighted by Gasteiger charge is -2.10. The van der Waals surface area contributed by atoms with Crippen molar-refractivity contribution in [3.63, 3.8) is 0 Å². The number of benzene rings is 3. The third kappa shape index (κ3) is 6.36. The normalized spacial score (nSPS) is 11.2. The molecule has 3 aromatic carbocycles. The van der Waals surface area contributed by atoms with Gasteiger partial charge in [0.2, 0.25) is 0 Å². The van der Waals surface area contributed by atoms with Crippen molar-refractivity contribution in [2.75, 3.05) is 20.8 Å². The van der Waals surface area contributed by atoms with Crippen LogP contribution in [0.5, 0.6) is 11.5 Å². The second-order valence-electron chi connectivity index (χ2n) is 6.38. The Kier molecular flexibility index (Phi) is 7.66. The first-order chi connectivity index (χ1) is 14.3. The zero-order valence-electron chi connectivity index (χ0n) is 16.7. The van der Waals surface area contributed by atoms with Gasteiger partial charge < -0.3 is 19.0 Å². The summed E-state index contributed by atoms with van der Waals surface area (Å²) in [5.41, 5.74) is 3.88. The van der Waals surface area contributed by atoms with Crippen molar-refractivity contribution in [3.05, 3.63) is 95.6 Å². The van der Waals surface area contributed by atoms with Crippen LogP contribution in [0.15, 0.2) is 84.0 Å². The molecule has 3 rings (SSSR count). The maximum Gasteiger partial charge on any atom is 0.134 e. The van der Waals surface area contributed by atoms with E-state index in [2.05, 4.69) is 5.16 Å². The Morgan fingerprint density at radius 3 is 1.86 bits per heavy atom. The van der Waals surface area contributed by atoms with Gasteiger partial charge >= 0.3 is 0 Å². The minimum atomic E-state index is 0.321. The van der Waals surface area contributed by atoms with Crippen molar-refractivity contribution in [1.82, 2.24) is 0 Å². The van der Waals surface area contributed by atoms with E-state index in [-0.39, 0.29) is 0 Å². The maximum atomic E-state index is 5.87. The molecule has 0 saturated heterocycles. The third-order valence-corrected chi connectivity index (χ3v) is 4.25. The third-order valence-electron chi connectivity index (χ3n) is 4.25. The lowest BCUT2D eigenvalue weighted by Crippen LogP contribution is -2.13. The van der Waals surface area contributed by atoms with E-state index in [9.17, 15) is 0 Å². The van der Waals surface area contributed by atoms with Gasteiger partial charge in [-0.15, -0.1) is 0 Å². The average Bonchev–Trinajstić information content (AvgIpc) is 2.78. The minimum Gasteiger partial charge on any atom is -0.489 e. The quantitative estimate of drug-likeness (QED) is 0.366. The van der Waals surface area contributed by atoms with Crippen LogP contribution in [0.25, 0.3) is 0 Å². The van der Waals surface area contributed by atoms with E-state index in [1.54, 1.807) is 7.11 Å². The zero-order chi connectivity index (χ0) is 20.3. The van der Waals surface area contributed by atoms with E-state index in [0.29, 0.717) is 19.8 Å². The van der Waals surface area contributed by atoms with Gasteiger partial charge in [0, 0.05) is 12.7 Å². The Bertz CT molecular complexity index is 890. The number of ether oxygens (including phenoxy) is 3. The number of hydrogen-bond acceptors (Lipinski definition) is 5. The predicted molar refractivity (Wildman–Crippen MR) is 113 cm³/mol. The summed E-state index contributed by atoms with van der Waals surface area (Å²) in [6.07, 6.45) is 0. The highest BCUT2D eigenvalue weighted by molar-refractivity contribution is 6.01. The largest absolute Gasteiger partial charge is 0.489 e. The van der Waals surface area contributed by atoms with Gasteiger partial charge in [0.15, 0.2) is 0 Å². The standard InChI is InChI=1S/C24H25NO4/c1-26-16-19-8-12-22(13-9-19)28-17-20-10-14-23(15-11-20)29-18-24(25-27-2)21-6-4-3-5-7-21/h3-15H,16-18H2,1-2H3/b25-24+. The fraction of sp³-hybridized carbons (Fsp3) is 0.208. The summed E-state index contributed by atoms with van der Waals surface area (Å²) in [5, 5.41) is 4.07. The van der Waals surface area contributed by atoms with Crippen LogP contribution in [0, 0.1) is 0 Å². The van der Waals surface area contributed by atoms with Crippen LogP contribution in [0.4, 0.5) is 0 Å². The smallest absolute Gasteiger partial charge is 0.134 e. The van der Waals surface area contributed by atoms with Crippen molar-refractivity contribution in [3.8, 4) is 11.5 Å². The Morgan fingerprint density at radius 1 is 0.690 bits per heavy atom. The molecule has 0 atom stereocenters. The molecule has 150 valence electrons. The maximum absolute atomic E-state index is 5.87. The Balaban J connectivity index is 1.52. The lowest BCUT2D eigenvalue weighted by molar-refractivity contribution is 0.185. The van der Waals surface area contributed by atoms with Gasteiger partial charge in [-0.2, -0.15) is 0 Å². The predicted octanol–water partition coefficient (Wildman–Crippen LogP) is 4.84. The monoisotopic (exact) mass is 391 g/mol. The second kappa shape index (κ2) is 10.9. The van der Waals surface area contributed by atoms with Gasteiger partial charge in [-0.1, -0.05) is 59.8 Å². The molecule has 0 aliphatic heterocycles. The summed E-state index contributed by atoms with van der Waals surface area (Å²) in [4.78, 5) is 4.95. The molecule has 0 spiro atoms. The van der Waals surface area contributed by atoms with Gasteiger partial charge in [0.1, 0.15) is 37.5 Å². The summed E-state index contributed by atoms with van der Waals surface area (Å²) in [7, 11) is 3.22. The van der Waals surface area contributed by atoms with Gasteiger partial charge in [0.25, 0.3) is 0 Å². The van der Waals surface area contributed by atoms with Crippen molar-refractivity contribution in [2.45, 2.75) is 13.2 Å². The Morgan fingerprint density at radius 2 is 1.28 bits per heavy atom. The highest BCUT2D eigenvalue weighted by atomic mass is 16.6. The fourth-order valence-corrected chi connectivity index (χ4v) is 2.75. The van der Waals surface area contributed by atoms with Crippen LogP contribution in [0.1, 0.15) is 16.7 Å². The number of nitrogens with zero attached hydrogens (tertiary/aromatic N) is 1. The van der Waals surface area contributed by atoms with Gasteiger partial charge in [-0.3, -0.25) is 0 Å². The molecule has 0 aliphatic rings. The molecule has 0 amide bonds. The molecule has 5 nitrogen and oxygen atoms in total. The molecule has 0 radical (unpaired) electrons. The minimum absolute atomic E-state index is 0.321. The Labute approximate surface area is 171 Å². The van der Waals surface area contributed by atoms with Crippen LogP contribution in [-0.4, -0.2) is 26.5 Å². The van der Waals surface area contributed by atoms with E-state index >= 15 is 0 Å². The van der Waals surface area contributed by atoms with Crippen LogP contribution in [0.3, 0.4) is 0 Å². The van der Waals surface area contributed by atoms with E-state index in [4.69, 9.17) is 19.0 Å².